The van der Waals surface area contributed by atoms with E-state index in [9.17, 15) is 4.79 Å². The van der Waals surface area contributed by atoms with Crippen LogP contribution in [0.1, 0.15) is 19.0 Å². The molecule has 0 amide bonds. The van der Waals surface area contributed by atoms with Crippen LogP contribution in [0.2, 0.25) is 0 Å². The molecule has 3 N–H and O–H groups in total. The molecule has 0 saturated heterocycles. The summed E-state index contributed by atoms with van der Waals surface area (Å²) in [6.45, 7) is 2.78. The van der Waals surface area contributed by atoms with Gasteiger partial charge in [0.05, 0.1) is 5.69 Å². The highest BCUT2D eigenvalue weighted by Crippen LogP contribution is 2.04. The van der Waals surface area contributed by atoms with Crippen molar-refractivity contribution in [3.8, 4) is 0 Å². The molecule has 0 radical (unpaired) electrons. The van der Waals surface area contributed by atoms with Crippen LogP contribution in [0.15, 0.2) is 18.0 Å². The minimum absolute atomic E-state index is 0.178. The van der Waals surface area contributed by atoms with Crippen LogP contribution >= 0.6 is 0 Å². The summed E-state index contributed by atoms with van der Waals surface area (Å²) in [5, 5.41) is 12.6. The lowest BCUT2D eigenvalue weighted by molar-refractivity contribution is -0.132. The maximum atomic E-state index is 10.5. The molecule has 0 aliphatic rings. The lowest BCUT2D eigenvalue weighted by Gasteiger charge is -2.01. The Morgan fingerprint density at radius 2 is 2.50 bits per heavy atom. The number of hydrogen-bond acceptors (Lipinski definition) is 3. The van der Waals surface area contributed by atoms with Crippen LogP contribution in [0.3, 0.4) is 0 Å². The molecule has 0 spiro atoms. The van der Waals surface area contributed by atoms with Crippen molar-refractivity contribution in [1.29, 1.82) is 0 Å². The maximum Gasteiger partial charge on any atom is 0.351 e. The Labute approximate surface area is 81.8 Å². The number of nitrogens with two attached hydrogens (primary N) is 1. The lowest BCUT2D eigenvalue weighted by Crippen LogP contribution is -2.10. The molecule has 76 valence electrons. The summed E-state index contributed by atoms with van der Waals surface area (Å²) in [5.74, 6) is -1.12. The molecule has 0 fully saturated rings. The molecule has 5 heteroatoms. The van der Waals surface area contributed by atoms with E-state index in [1.807, 2.05) is 6.92 Å². The van der Waals surface area contributed by atoms with Gasteiger partial charge in [-0.15, -0.1) is 0 Å². The first-order valence-electron chi connectivity index (χ1n) is 4.37. The molecule has 0 aliphatic carbocycles. The monoisotopic (exact) mass is 195 g/mol. The van der Waals surface area contributed by atoms with Gasteiger partial charge in [0.15, 0.2) is 0 Å². The van der Waals surface area contributed by atoms with E-state index < -0.39 is 5.97 Å². The van der Waals surface area contributed by atoms with Crippen LogP contribution in [0.25, 0.3) is 6.08 Å². The molecular weight excluding hydrogens is 182 g/mol. The Bertz CT molecular complexity index is 355. The van der Waals surface area contributed by atoms with E-state index in [1.54, 1.807) is 16.9 Å². The summed E-state index contributed by atoms with van der Waals surface area (Å²) in [7, 11) is 0. The van der Waals surface area contributed by atoms with Gasteiger partial charge in [0.25, 0.3) is 0 Å². The normalized spacial score (nSPS) is 11.6. The quantitative estimate of drug-likeness (QED) is 0.692. The molecular formula is C9H13N3O2. The van der Waals surface area contributed by atoms with E-state index in [0.717, 1.165) is 13.0 Å². The van der Waals surface area contributed by atoms with Crippen LogP contribution in [0, 0.1) is 0 Å². The number of nitrogens with zero attached hydrogens (tertiary/aromatic N) is 2. The Hall–Kier alpha value is -1.78. The number of carbonyl (C=O) groups is 1. The van der Waals surface area contributed by atoms with Crippen molar-refractivity contribution in [2.75, 3.05) is 0 Å². The summed E-state index contributed by atoms with van der Waals surface area (Å²) < 4.78 is 1.72. The fraction of sp³-hybridized carbons (Fsp3) is 0.333. The zero-order valence-corrected chi connectivity index (χ0v) is 7.97. The molecule has 0 aliphatic heterocycles. The van der Waals surface area contributed by atoms with Gasteiger partial charge in [-0.25, -0.2) is 4.79 Å². The second kappa shape index (κ2) is 4.45. The van der Waals surface area contributed by atoms with Crippen molar-refractivity contribution in [2.45, 2.75) is 19.9 Å². The van der Waals surface area contributed by atoms with Gasteiger partial charge < -0.3 is 10.8 Å². The molecule has 1 aromatic heterocycles. The van der Waals surface area contributed by atoms with E-state index >= 15 is 0 Å². The summed E-state index contributed by atoms with van der Waals surface area (Å²) in [6.07, 6.45) is 3.97. The maximum absolute atomic E-state index is 10.5. The number of hydrogen-bond donors (Lipinski definition) is 2. The van der Waals surface area contributed by atoms with E-state index in [2.05, 4.69) is 5.10 Å². The molecule has 5 nitrogen and oxygen atoms in total. The average Bonchev–Trinajstić information content (AvgIpc) is 2.53. The van der Waals surface area contributed by atoms with E-state index in [-0.39, 0.29) is 5.70 Å². The standard InChI is InChI=1S/C9H13N3O2/c1-2-5-12-7(3-4-11-12)6-8(10)9(13)14/h3-4,6H,2,5,10H2,1H3,(H,13,14)/b8-6+. The van der Waals surface area contributed by atoms with Crippen LogP contribution < -0.4 is 5.73 Å². The number of carboxylic acids is 1. The van der Waals surface area contributed by atoms with Gasteiger partial charge in [-0.2, -0.15) is 5.10 Å². The molecule has 1 heterocycles. The first-order valence-corrected chi connectivity index (χ1v) is 4.37. The minimum Gasteiger partial charge on any atom is -0.477 e. The number of rotatable bonds is 4. The van der Waals surface area contributed by atoms with Crippen LogP contribution in [-0.2, 0) is 11.3 Å². The van der Waals surface area contributed by atoms with Crippen molar-refractivity contribution in [3.63, 3.8) is 0 Å². The van der Waals surface area contributed by atoms with Gasteiger partial charge in [0.1, 0.15) is 5.70 Å². The van der Waals surface area contributed by atoms with Gasteiger partial charge in [-0.05, 0) is 18.6 Å². The Morgan fingerprint density at radius 3 is 3.07 bits per heavy atom. The highest BCUT2D eigenvalue weighted by Gasteiger charge is 2.04. The van der Waals surface area contributed by atoms with Gasteiger partial charge in [-0.1, -0.05) is 6.92 Å². The largest absolute Gasteiger partial charge is 0.477 e. The summed E-state index contributed by atoms with van der Waals surface area (Å²) >= 11 is 0. The van der Waals surface area contributed by atoms with Crippen LogP contribution in [-0.4, -0.2) is 20.9 Å². The number of aromatic nitrogens is 2. The zero-order chi connectivity index (χ0) is 10.6. The predicted octanol–water partition coefficient (Wildman–Crippen LogP) is 0.677. The number of carboxylic acid groups (broad SMARTS) is 1. The third kappa shape index (κ3) is 2.35. The van der Waals surface area contributed by atoms with Crippen molar-refractivity contribution in [1.82, 2.24) is 9.78 Å². The SMILES string of the molecule is CCCn1nccc1/C=C(/N)C(=O)O. The first-order chi connectivity index (χ1) is 6.65. The van der Waals surface area contributed by atoms with Crippen LogP contribution in [0.4, 0.5) is 0 Å². The predicted molar refractivity (Wildman–Crippen MR) is 52.3 cm³/mol. The molecule has 0 unspecified atom stereocenters. The molecule has 0 atom stereocenters. The Kier molecular flexibility index (Phi) is 3.28. The molecule has 1 rings (SSSR count). The first kappa shape index (κ1) is 10.3. The molecule has 0 saturated carbocycles. The smallest absolute Gasteiger partial charge is 0.351 e. The minimum atomic E-state index is -1.12. The summed E-state index contributed by atoms with van der Waals surface area (Å²) in [5.41, 5.74) is 5.83. The molecule has 1 aromatic rings. The highest BCUT2D eigenvalue weighted by molar-refractivity contribution is 5.90. The number of aryl methyl sites for hydroxylation is 1. The molecule has 14 heavy (non-hydrogen) atoms. The van der Waals surface area contributed by atoms with Crippen molar-refractivity contribution < 1.29 is 9.90 Å². The summed E-state index contributed by atoms with van der Waals surface area (Å²) in [4.78, 5) is 10.5. The second-order valence-corrected chi connectivity index (χ2v) is 2.88. The Balaban J connectivity index is 2.90. The van der Waals surface area contributed by atoms with Crippen molar-refractivity contribution in [3.05, 3.63) is 23.7 Å². The van der Waals surface area contributed by atoms with Crippen LogP contribution in [0.5, 0.6) is 0 Å². The lowest BCUT2D eigenvalue weighted by atomic mass is 10.3. The number of aliphatic carboxylic acids is 1. The van der Waals surface area contributed by atoms with E-state index in [0.29, 0.717) is 5.69 Å². The van der Waals surface area contributed by atoms with Gasteiger partial charge in [-0.3, -0.25) is 4.68 Å². The summed E-state index contributed by atoms with van der Waals surface area (Å²) in [6, 6.07) is 1.73. The zero-order valence-electron chi connectivity index (χ0n) is 7.97. The fourth-order valence-electron chi connectivity index (χ4n) is 1.09. The molecule has 0 bridgehead atoms. The topological polar surface area (TPSA) is 81.1 Å². The van der Waals surface area contributed by atoms with E-state index in [4.69, 9.17) is 10.8 Å². The van der Waals surface area contributed by atoms with Crippen molar-refractivity contribution >= 4 is 12.0 Å². The Morgan fingerprint density at radius 1 is 1.79 bits per heavy atom. The molecule has 0 aromatic carbocycles. The van der Waals surface area contributed by atoms with E-state index in [1.165, 1.54) is 6.08 Å². The van der Waals surface area contributed by atoms with Gasteiger partial charge in [0.2, 0.25) is 0 Å². The third-order valence-corrected chi connectivity index (χ3v) is 1.74. The second-order valence-electron chi connectivity index (χ2n) is 2.88. The van der Waals surface area contributed by atoms with Gasteiger partial charge >= 0.3 is 5.97 Å². The highest BCUT2D eigenvalue weighted by atomic mass is 16.4. The average molecular weight is 195 g/mol. The van der Waals surface area contributed by atoms with Crippen molar-refractivity contribution in [2.24, 2.45) is 5.73 Å². The third-order valence-electron chi connectivity index (χ3n) is 1.74. The fourth-order valence-corrected chi connectivity index (χ4v) is 1.09. The van der Waals surface area contributed by atoms with Gasteiger partial charge in [0, 0.05) is 12.7 Å².